The van der Waals surface area contributed by atoms with Crippen molar-refractivity contribution in [2.75, 3.05) is 121 Å². The van der Waals surface area contributed by atoms with E-state index < -0.39 is 0 Å². The van der Waals surface area contributed by atoms with Crippen molar-refractivity contribution in [1.29, 1.82) is 0 Å². The number of ether oxygens (including phenoxy) is 5. The Bertz CT molecular complexity index is 440. The van der Waals surface area contributed by atoms with Crippen molar-refractivity contribution >= 4 is 0 Å². The van der Waals surface area contributed by atoms with Gasteiger partial charge in [0.25, 0.3) is 0 Å². The van der Waals surface area contributed by atoms with Crippen molar-refractivity contribution in [1.82, 2.24) is 14.7 Å². The van der Waals surface area contributed by atoms with Gasteiger partial charge in [-0.3, -0.25) is 0 Å². The van der Waals surface area contributed by atoms with Gasteiger partial charge in [-0.15, -0.1) is 0 Å². The summed E-state index contributed by atoms with van der Waals surface area (Å²) < 4.78 is 24.6. The Morgan fingerprint density at radius 2 is 1.08 bits per heavy atom. The first-order valence-corrected chi connectivity index (χ1v) is 15.5. The quantitative estimate of drug-likeness (QED) is 0.293. The molecule has 0 amide bonds. The van der Waals surface area contributed by atoms with E-state index in [-0.39, 0.29) is 0 Å². The third-order valence-electron chi connectivity index (χ3n) is 6.77. The van der Waals surface area contributed by atoms with E-state index >= 15 is 0 Å². The summed E-state index contributed by atoms with van der Waals surface area (Å²) in [6, 6.07) is 0. The van der Waals surface area contributed by atoms with E-state index in [4.69, 9.17) is 23.7 Å². The monoisotopic (exact) mass is 564 g/mol. The van der Waals surface area contributed by atoms with Gasteiger partial charge < -0.3 is 38.4 Å². The molecule has 0 aromatic heterocycles. The molecule has 0 aromatic rings. The lowest BCUT2D eigenvalue weighted by molar-refractivity contribution is -0.0155. The second kappa shape index (κ2) is 32.2. The predicted molar refractivity (Wildman–Crippen MR) is 166 cm³/mol. The molecule has 0 atom stereocenters. The highest BCUT2D eigenvalue weighted by molar-refractivity contribution is 4.76. The number of hydrogen-bond acceptors (Lipinski definition) is 8. The van der Waals surface area contributed by atoms with E-state index in [9.17, 15) is 0 Å². The maximum absolute atomic E-state index is 5.01. The fraction of sp³-hybridized carbons (Fsp3) is 1.00. The number of likely N-dealkylation sites (N-methyl/N-ethyl adjacent to an activating group) is 1. The van der Waals surface area contributed by atoms with Crippen LogP contribution in [0.3, 0.4) is 0 Å². The lowest BCUT2D eigenvalue weighted by atomic mass is 10.1. The molecule has 0 aliphatic carbocycles. The van der Waals surface area contributed by atoms with Gasteiger partial charge in [-0.2, -0.15) is 0 Å². The van der Waals surface area contributed by atoms with Gasteiger partial charge in [0, 0.05) is 74.9 Å². The number of hydrogen-bond donors (Lipinski definition) is 0. The fourth-order valence-electron chi connectivity index (χ4n) is 4.26. The molecule has 3 fully saturated rings. The normalized spacial score (nSPS) is 18.0. The van der Waals surface area contributed by atoms with E-state index in [0.717, 1.165) is 64.9 Å². The average molecular weight is 564 g/mol. The molecule has 8 heteroatoms. The second-order valence-electron chi connectivity index (χ2n) is 11.0. The van der Waals surface area contributed by atoms with Crippen LogP contribution in [0, 0.1) is 5.92 Å². The first-order chi connectivity index (χ1) is 18.9. The van der Waals surface area contributed by atoms with Gasteiger partial charge in [-0.25, -0.2) is 0 Å². The second-order valence-corrected chi connectivity index (χ2v) is 11.0. The molecule has 0 aromatic carbocycles. The minimum Gasteiger partial charge on any atom is -0.385 e. The van der Waals surface area contributed by atoms with Crippen LogP contribution in [0.2, 0.25) is 0 Å². The van der Waals surface area contributed by atoms with Gasteiger partial charge in [0.05, 0.1) is 19.3 Å². The molecule has 3 saturated heterocycles. The van der Waals surface area contributed by atoms with Crippen LogP contribution in [0.5, 0.6) is 0 Å². The summed E-state index contributed by atoms with van der Waals surface area (Å²) in [7, 11) is 10.8. The summed E-state index contributed by atoms with van der Waals surface area (Å²) in [4.78, 5) is 7.16. The highest BCUT2D eigenvalue weighted by Gasteiger charge is 2.21. The van der Waals surface area contributed by atoms with Crippen LogP contribution in [0.4, 0.5) is 0 Å². The van der Waals surface area contributed by atoms with Gasteiger partial charge in [-0.1, -0.05) is 27.2 Å². The van der Waals surface area contributed by atoms with Gasteiger partial charge >= 0.3 is 0 Å². The Kier molecular flexibility index (Phi) is 33.7. The van der Waals surface area contributed by atoms with Gasteiger partial charge in [0.1, 0.15) is 0 Å². The predicted octanol–water partition coefficient (Wildman–Crippen LogP) is 4.91. The molecule has 0 unspecified atom stereocenters. The minimum atomic E-state index is 0.519. The first-order valence-electron chi connectivity index (χ1n) is 15.5. The highest BCUT2D eigenvalue weighted by Crippen LogP contribution is 2.08. The largest absolute Gasteiger partial charge is 0.385 e. The molecule has 3 aliphatic heterocycles. The van der Waals surface area contributed by atoms with Gasteiger partial charge in [-0.05, 0) is 84.1 Å². The molecule has 0 bridgehead atoms. The molecule has 238 valence electrons. The summed E-state index contributed by atoms with van der Waals surface area (Å²) >= 11 is 0. The summed E-state index contributed by atoms with van der Waals surface area (Å²) in [6.07, 6.45) is 11.1. The Labute approximate surface area is 244 Å². The smallest absolute Gasteiger partial charge is 0.0824 e. The van der Waals surface area contributed by atoms with Crippen LogP contribution in [0.1, 0.15) is 72.1 Å². The summed E-state index contributed by atoms with van der Waals surface area (Å²) in [5.41, 5.74) is 0. The first kappa shape index (κ1) is 40.8. The van der Waals surface area contributed by atoms with Crippen LogP contribution in [-0.4, -0.2) is 142 Å². The van der Waals surface area contributed by atoms with Crippen molar-refractivity contribution in [3.05, 3.63) is 0 Å². The molecule has 0 N–H and O–H groups in total. The zero-order valence-corrected chi connectivity index (χ0v) is 27.7. The van der Waals surface area contributed by atoms with Crippen LogP contribution in [-0.2, 0) is 23.7 Å². The molecule has 0 saturated carbocycles. The molecule has 0 spiro atoms. The number of piperidine rings is 1. The van der Waals surface area contributed by atoms with Crippen LogP contribution in [0.15, 0.2) is 0 Å². The third-order valence-corrected chi connectivity index (χ3v) is 6.77. The number of rotatable bonds is 13. The van der Waals surface area contributed by atoms with Crippen LogP contribution in [0.25, 0.3) is 0 Å². The highest BCUT2D eigenvalue weighted by atomic mass is 16.5. The molecule has 3 heterocycles. The summed E-state index contributed by atoms with van der Waals surface area (Å²) in [5, 5.41) is 0. The Morgan fingerprint density at radius 1 is 0.641 bits per heavy atom. The lowest BCUT2D eigenvalue weighted by Crippen LogP contribution is -2.48. The van der Waals surface area contributed by atoms with Crippen LogP contribution >= 0.6 is 0 Å². The zero-order valence-electron chi connectivity index (χ0n) is 27.7. The SMILES string of the molecule is CCCOC.COC1CN(C)C1.COCCCC(C)C.COCCN1CCCC1.COCCN1CCCCC1. The summed E-state index contributed by atoms with van der Waals surface area (Å²) in [6.45, 7) is 19.7. The maximum atomic E-state index is 5.01. The van der Waals surface area contributed by atoms with Crippen molar-refractivity contribution in [3.63, 3.8) is 0 Å². The molecule has 3 aliphatic rings. The van der Waals surface area contributed by atoms with E-state index in [0.29, 0.717) is 6.10 Å². The van der Waals surface area contributed by atoms with Crippen LogP contribution < -0.4 is 0 Å². The fourth-order valence-corrected chi connectivity index (χ4v) is 4.26. The Hall–Kier alpha value is -0.320. The molecular formula is C31H69N3O5. The average Bonchev–Trinajstić information content (AvgIpc) is 3.45. The summed E-state index contributed by atoms with van der Waals surface area (Å²) in [5.74, 6) is 0.824. The lowest BCUT2D eigenvalue weighted by Gasteiger charge is -2.34. The standard InChI is InChI=1S/C8H17NO.C7H15NO.C7H16O.C5H11NO.C4H10O/c1-10-8-7-9-5-3-2-4-6-9;1-9-7-6-8-4-2-3-5-8;1-7(2)5-4-6-8-3;1-6-3-5(4-6)7-2;1-3-4-5-2/h2-8H2,1H3;2-7H2,1H3;7H,4-6H2,1-3H3;5H,3-4H2,1-2H3;3-4H2,1-2H3. The van der Waals surface area contributed by atoms with E-state index in [1.54, 1.807) is 35.5 Å². The third kappa shape index (κ3) is 30.5. The number of likely N-dealkylation sites (tertiary alicyclic amines) is 3. The van der Waals surface area contributed by atoms with E-state index in [1.807, 2.05) is 0 Å². The van der Waals surface area contributed by atoms with E-state index in [2.05, 4.69) is 42.5 Å². The molecule has 8 nitrogen and oxygen atoms in total. The maximum Gasteiger partial charge on any atom is 0.0824 e. The number of methoxy groups -OCH3 is 5. The topological polar surface area (TPSA) is 55.9 Å². The Balaban J connectivity index is 0. The van der Waals surface area contributed by atoms with Crippen molar-refractivity contribution < 1.29 is 23.7 Å². The number of nitrogens with zero attached hydrogens (tertiary/aromatic N) is 3. The van der Waals surface area contributed by atoms with Gasteiger partial charge in [0.2, 0.25) is 0 Å². The molecule has 0 radical (unpaired) electrons. The molecule has 39 heavy (non-hydrogen) atoms. The molecular weight excluding hydrogens is 494 g/mol. The minimum absolute atomic E-state index is 0.519. The molecule has 3 rings (SSSR count). The van der Waals surface area contributed by atoms with E-state index in [1.165, 1.54) is 71.1 Å². The zero-order chi connectivity index (χ0) is 29.6. The van der Waals surface area contributed by atoms with Crippen molar-refractivity contribution in [2.24, 2.45) is 5.92 Å². The van der Waals surface area contributed by atoms with Crippen molar-refractivity contribution in [2.45, 2.75) is 78.2 Å². The van der Waals surface area contributed by atoms with Crippen molar-refractivity contribution in [3.8, 4) is 0 Å². The Morgan fingerprint density at radius 3 is 1.36 bits per heavy atom. The van der Waals surface area contributed by atoms with Gasteiger partial charge in [0.15, 0.2) is 0 Å².